The molecule has 3 rings (SSSR count). The zero-order valence-corrected chi connectivity index (χ0v) is 19.0. The van der Waals surface area contributed by atoms with Gasteiger partial charge in [-0.2, -0.15) is 0 Å². The zero-order chi connectivity index (χ0) is 20.9. The van der Waals surface area contributed by atoms with Crippen LogP contribution >= 0.6 is 11.8 Å². The van der Waals surface area contributed by atoms with Crippen LogP contribution in [0.2, 0.25) is 0 Å². The molecule has 0 aromatic heterocycles. The first-order chi connectivity index (χ1) is 13.9. The Hall–Kier alpha value is -1.54. The summed E-state index contributed by atoms with van der Waals surface area (Å²) in [5.41, 5.74) is 2.26. The minimum Gasteiger partial charge on any atom is -0.495 e. The van der Waals surface area contributed by atoms with Crippen LogP contribution in [0.1, 0.15) is 24.0 Å². The summed E-state index contributed by atoms with van der Waals surface area (Å²) >= 11 is 1.78. The van der Waals surface area contributed by atoms with Crippen LogP contribution in [-0.2, 0) is 16.6 Å². The molecule has 1 saturated heterocycles. The van der Waals surface area contributed by atoms with Crippen molar-refractivity contribution in [3.63, 3.8) is 0 Å². The van der Waals surface area contributed by atoms with Crippen molar-refractivity contribution in [2.45, 2.75) is 36.1 Å². The van der Waals surface area contributed by atoms with Crippen LogP contribution in [0.5, 0.6) is 5.75 Å². The number of likely N-dealkylation sites (tertiary alicyclic amines) is 1. The second-order valence-electron chi connectivity index (χ2n) is 7.54. The Balaban J connectivity index is 1.54. The lowest BCUT2D eigenvalue weighted by molar-refractivity contribution is 0.177. The Morgan fingerprint density at radius 1 is 1.17 bits per heavy atom. The van der Waals surface area contributed by atoms with Crippen molar-refractivity contribution in [2.24, 2.45) is 5.92 Å². The van der Waals surface area contributed by atoms with Crippen molar-refractivity contribution >= 4 is 21.8 Å². The van der Waals surface area contributed by atoms with Crippen molar-refractivity contribution in [3.05, 3.63) is 53.6 Å². The van der Waals surface area contributed by atoms with Crippen molar-refractivity contribution in [1.82, 2.24) is 9.62 Å². The number of rotatable bonds is 8. The standard InChI is InChI=1S/C22H30N2O3S2/c1-17-8-9-20(27-2)22(14-17)29(25,26)23-15-18-10-12-24(13-11-18)16-19-6-4-5-7-21(19)28-3/h4-9,14,18,23H,10-13,15-16H2,1-3H3. The Morgan fingerprint density at radius 2 is 1.90 bits per heavy atom. The monoisotopic (exact) mass is 434 g/mol. The molecule has 158 valence electrons. The number of nitrogens with one attached hydrogen (secondary N) is 1. The average Bonchev–Trinajstić information content (AvgIpc) is 2.73. The number of aryl methyl sites for hydroxylation is 1. The number of methoxy groups -OCH3 is 1. The Labute approximate surface area is 178 Å². The Morgan fingerprint density at radius 3 is 2.59 bits per heavy atom. The summed E-state index contributed by atoms with van der Waals surface area (Å²) in [6.07, 6.45) is 4.10. The SMILES string of the molecule is COc1ccc(C)cc1S(=O)(=O)NCC1CCN(Cc2ccccc2SC)CC1. The third kappa shape index (κ3) is 5.75. The minimum absolute atomic E-state index is 0.214. The summed E-state index contributed by atoms with van der Waals surface area (Å²) in [4.78, 5) is 4.00. The van der Waals surface area contributed by atoms with Crippen LogP contribution in [0.4, 0.5) is 0 Å². The maximum absolute atomic E-state index is 12.8. The molecule has 1 N–H and O–H groups in total. The van der Waals surface area contributed by atoms with E-state index in [0.29, 0.717) is 18.2 Å². The third-order valence-electron chi connectivity index (χ3n) is 5.46. The van der Waals surface area contributed by atoms with Crippen LogP contribution in [0.15, 0.2) is 52.3 Å². The summed E-state index contributed by atoms with van der Waals surface area (Å²) in [5, 5.41) is 0. The van der Waals surface area contributed by atoms with E-state index in [9.17, 15) is 8.42 Å². The van der Waals surface area contributed by atoms with Gasteiger partial charge in [-0.1, -0.05) is 24.3 Å². The normalized spacial score (nSPS) is 16.1. The number of hydrogen-bond acceptors (Lipinski definition) is 5. The molecule has 1 aliphatic rings. The second-order valence-corrected chi connectivity index (χ2v) is 10.1. The van der Waals surface area contributed by atoms with E-state index in [1.165, 1.54) is 17.6 Å². The van der Waals surface area contributed by atoms with Gasteiger partial charge in [-0.3, -0.25) is 4.90 Å². The number of nitrogens with zero attached hydrogens (tertiary/aromatic N) is 1. The van der Waals surface area contributed by atoms with E-state index in [2.05, 4.69) is 40.1 Å². The number of benzene rings is 2. The second kappa shape index (κ2) is 9.98. The summed E-state index contributed by atoms with van der Waals surface area (Å²) in [6, 6.07) is 13.7. The van der Waals surface area contributed by atoms with Crippen LogP contribution in [-0.4, -0.2) is 46.3 Å². The molecular weight excluding hydrogens is 404 g/mol. The molecule has 0 aliphatic carbocycles. The molecule has 0 atom stereocenters. The molecule has 2 aromatic rings. The summed E-state index contributed by atoms with van der Waals surface area (Å²) < 4.78 is 33.6. The van der Waals surface area contributed by atoms with Gasteiger partial charge in [-0.25, -0.2) is 13.1 Å². The molecule has 0 bridgehead atoms. The number of thioether (sulfide) groups is 1. The summed E-state index contributed by atoms with van der Waals surface area (Å²) in [5.74, 6) is 0.734. The van der Waals surface area contributed by atoms with E-state index in [0.717, 1.165) is 38.0 Å². The molecule has 1 fully saturated rings. The highest BCUT2D eigenvalue weighted by molar-refractivity contribution is 7.98. The quantitative estimate of drug-likeness (QED) is 0.638. The first-order valence-electron chi connectivity index (χ1n) is 9.91. The number of hydrogen-bond donors (Lipinski definition) is 1. The van der Waals surface area contributed by atoms with Crippen molar-refractivity contribution in [1.29, 1.82) is 0 Å². The highest BCUT2D eigenvalue weighted by Gasteiger charge is 2.24. The van der Waals surface area contributed by atoms with Gasteiger partial charge in [-0.15, -0.1) is 11.8 Å². The molecule has 29 heavy (non-hydrogen) atoms. The van der Waals surface area contributed by atoms with Gasteiger partial charge in [0.2, 0.25) is 10.0 Å². The molecule has 1 heterocycles. The molecule has 0 amide bonds. The third-order valence-corrected chi connectivity index (χ3v) is 7.75. The number of sulfonamides is 1. The number of piperidine rings is 1. The predicted octanol–water partition coefficient (Wildman–Crippen LogP) is 3.92. The van der Waals surface area contributed by atoms with Gasteiger partial charge >= 0.3 is 0 Å². The van der Waals surface area contributed by atoms with E-state index in [-0.39, 0.29) is 4.90 Å². The molecular formula is C22H30N2O3S2. The van der Waals surface area contributed by atoms with Crippen LogP contribution < -0.4 is 9.46 Å². The summed E-state index contributed by atoms with van der Waals surface area (Å²) in [6.45, 7) is 5.28. The molecule has 2 aromatic carbocycles. The lowest BCUT2D eigenvalue weighted by Crippen LogP contribution is -2.38. The minimum atomic E-state index is -3.59. The van der Waals surface area contributed by atoms with Gasteiger partial charge in [0, 0.05) is 18.0 Å². The largest absolute Gasteiger partial charge is 0.495 e. The van der Waals surface area contributed by atoms with Gasteiger partial charge in [0.1, 0.15) is 10.6 Å². The highest BCUT2D eigenvalue weighted by atomic mass is 32.2. The fourth-order valence-corrected chi connectivity index (χ4v) is 5.70. The van der Waals surface area contributed by atoms with Gasteiger partial charge in [0.05, 0.1) is 7.11 Å². The lowest BCUT2D eigenvalue weighted by atomic mass is 9.97. The van der Waals surface area contributed by atoms with Crippen LogP contribution in [0.25, 0.3) is 0 Å². The molecule has 0 spiro atoms. The predicted molar refractivity (Wildman–Crippen MR) is 119 cm³/mol. The van der Waals surface area contributed by atoms with E-state index in [4.69, 9.17) is 4.74 Å². The first kappa shape index (κ1) is 22.2. The van der Waals surface area contributed by atoms with Crippen molar-refractivity contribution in [2.75, 3.05) is 33.0 Å². The maximum atomic E-state index is 12.8. The molecule has 5 nitrogen and oxygen atoms in total. The molecule has 7 heteroatoms. The van der Waals surface area contributed by atoms with Gasteiger partial charge in [-0.05, 0) is 74.4 Å². The number of ether oxygens (including phenoxy) is 1. The van der Waals surface area contributed by atoms with Crippen molar-refractivity contribution in [3.8, 4) is 5.75 Å². The Bertz CT molecular complexity index is 923. The van der Waals surface area contributed by atoms with E-state index >= 15 is 0 Å². The van der Waals surface area contributed by atoms with E-state index in [1.807, 2.05) is 13.0 Å². The zero-order valence-electron chi connectivity index (χ0n) is 17.3. The van der Waals surface area contributed by atoms with E-state index in [1.54, 1.807) is 23.9 Å². The molecule has 0 unspecified atom stereocenters. The van der Waals surface area contributed by atoms with Gasteiger partial charge in [0.25, 0.3) is 0 Å². The van der Waals surface area contributed by atoms with E-state index < -0.39 is 10.0 Å². The smallest absolute Gasteiger partial charge is 0.244 e. The lowest BCUT2D eigenvalue weighted by Gasteiger charge is -2.32. The fourth-order valence-electron chi connectivity index (χ4n) is 3.72. The van der Waals surface area contributed by atoms with Gasteiger partial charge in [0.15, 0.2) is 0 Å². The average molecular weight is 435 g/mol. The van der Waals surface area contributed by atoms with Gasteiger partial charge < -0.3 is 4.74 Å². The molecule has 0 radical (unpaired) electrons. The maximum Gasteiger partial charge on any atom is 0.244 e. The molecule has 0 saturated carbocycles. The van der Waals surface area contributed by atoms with Crippen LogP contribution in [0, 0.1) is 12.8 Å². The Kier molecular flexibility index (Phi) is 7.62. The summed E-state index contributed by atoms with van der Waals surface area (Å²) in [7, 11) is -2.09. The first-order valence-corrected chi connectivity index (χ1v) is 12.6. The fraction of sp³-hybridized carbons (Fsp3) is 0.455. The molecule has 1 aliphatic heterocycles. The van der Waals surface area contributed by atoms with Crippen LogP contribution in [0.3, 0.4) is 0 Å². The van der Waals surface area contributed by atoms with Crippen molar-refractivity contribution < 1.29 is 13.2 Å². The topological polar surface area (TPSA) is 58.6 Å². The highest BCUT2D eigenvalue weighted by Crippen LogP contribution is 2.26.